The summed E-state index contributed by atoms with van der Waals surface area (Å²) in [6.45, 7) is 3.89. The molecule has 0 aliphatic carbocycles. The molecule has 0 aromatic heterocycles. The molecule has 0 saturated carbocycles. The van der Waals surface area contributed by atoms with E-state index in [1.54, 1.807) is 24.3 Å². The van der Waals surface area contributed by atoms with Crippen molar-refractivity contribution in [2.45, 2.75) is 44.2 Å². The predicted molar refractivity (Wildman–Crippen MR) is 179 cm³/mol. The van der Waals surface area contributed by atoms with Crippen molar-refractivity contribution >= 4 is 55.1 Å². The lowest BCUT2D eigenvalue weighted by Crippen LogP contribution is -2.53. The zero-order valence-corrected chi connectivity index (χ0v) is 27.8. The van der Waals surface area contributed by atoms with E-state index in [-0.39, 0.29) is 23.8 Å². The smallest absolute Gasteiger partial charge is 0.264 e. The summed E-state index contributed by atoms with van der Waals surface area (Å²) in [5, 5.41) is 3.34. The number of hydrogen-bond acceptors (Lipinski definition) is 4. The molecule has 0 radical (unpaired) electrons. The molecule has 0 spiro atoms. The molecule has 0 saturated heterocycles. The summed E-state index contributed by atoms with van der Waals surface area (Å²) in [6.07, 6.45) is 0.984. The van der Waals surface area contributed by atoms with Crippen LogP contribution in [0.2, 0.25) is 5.02 Å². The molecular formula is C34H35BrClN3O4S. The Balaban J connectivity index is 1.78. The fraction of sp³-hybridized carbons (Fsp3) is 0.235. The molecule has 2 amide bonds. The molecule has 0 aliphatic rings. The first-order valence-corrected chi connectivity index (χ1v) is 16.9. The van der Waals surface area contributed by atoms with Gasteiger partial charge in [-0.2, -0.15) is 0 Å². The Bertz CT molecular complexity index is 1650. The van der Waals surface area contributed by atoms with Gasteiger partial charge in [-0.3, -0.25) is 13.9 Å². The van der Waals surface area contributed by atoms with Gasteiger partial charge in [0.15, 0.2) is 0 Å². The van der Waals surface area contributed by atoms with E-state index in [4.69, 9.17) is 11.6 Å². The Labute approximate surface area is 273 Å². The van der Waals surface area contributed by atoms with Gasteiger partial charge in [-0.1, -0.05) is 94.6 Å². The Morgan fingerprint density at radius 3 is 2.11 bits per heavy atom. The average Bonchev–Trinajstić information content (AvgIpc) is 3.02. The van der Waals surface area contributed by atoms with Gasteiger partial charge in [-0.15, -0.1) is 0 Å². The normalized spacial score (nSPS) is 11.9. The van der Waals surface area contributed by atoms with Crippen molar-refractivity contribution in [1.82, 2.24) is 10.2 Å². The highest BCUT2D eigenvalue weighted by Gasteiger charge is 2.34. The summed E-state index contributed by atoms with van der Waals surface area (Å²) >= 11 is 9.50. The van der Waals surface area contributed by atoms with Crippen LogP contribution in [-0.4, -0.2) is 44.3 Å². The fourth-order valence-electron chi connectivity index (χ4n) is 4.68. The summed E-state index contributed by atoms with van der Waals surface area (Å²) < 4.78 is 30.1. The number of hydrogen-bond donors (Lipinski definition) is 1. The number of carbonyl (C=O) groups is 2. The van der Waals surface area contributed by atoms with Crippen molar-refractivity contribution < 1.29 is 18.0 Å². The van der Waals surface area contributed by atoms with Crippen LogP contribution in [0, 0.1) is 6.92 Å². The van der Waals surface area contributed by atoms with Gasteiger partial charge >= 0.3 is 0 Å². The third kappa shape index (κ3) is 8.71. The number of rotatable bonds is 13. The highest BCUT2D eigenvalue weighted by atomic mass is 79.9. The molecule has 0 aliphatic heterocycles. The fourth-order valence-corrected chi connectivity index (χ4v) is 6.48. The van der Waals surface area contributed by atoms with Crippen molar-refractivity contribution in [2.24, 2.45) is 0 Å². The number of anilines is 1. The number of nitrogens with one attached hydrogen (secondary N) is 1. The number of carbonyl (C=O) groups excluding carboxylic acids is 2. The topological polar surface area (TPSA) is 86.8 Å². The predicted octanol–water partition coefficient (Wildman–Crippen LogP) is 6.77. The van der Waals surface area contributed by atoms with E-state index in [1.165, 1.54) is 29.2 Å². The first-order valence-electron chi connectivity index (χ1n) is 14.3. The largest absolute Gasteiger partial charge is 0.354 e. The van der Waals surface area contributed by atoms with Gasteiger partial charge < -0.3 is 10.2 Å². The second-order valence-electron chi connectivity index (χ2n) is 10.4. The van der Waals surface area contributed by atoms with Crippen LogP contribution in [0.4, 0.5) is 5.69 Å². The lowest BCUT2D eigenvalue weighted by molar-refractivity contribution is -0.140. The van der Waals surface area contributed by atoms with Crippen molar-refractivity contribution in [1.29, 1.82) is 0 Å². The van der Waals surface area contributed by atoms with Crippen molar-refractivity contribution in [3.05, 3.63) is 129 Å². The standard InChI is InChI=1S/C34H35BrClN3O4S/c1-3-21-37-34(41)32(22-26-7-5-4-6-8-26)38(23-27-11-13-28(35)14-12-27)33(40)24-39(30-17-9-25(2)10-18-30)44(42,43)31-19-15-29(36)16-20-31/h4-20,32H,3,21-24H2,1-2H3,(H,37,41)/t32-/m0/s1. The number of aryl methyl sites for hydroxylation is 1. The molecule has 0 fully saturated rings. The van der Waals surface area contributed by atoms with Crippen LogP contribution in [0.3, 0.4) is 0 Å². The summed E-state index contributed by atoms with van der Waals surface area (Å²) in [5.74, 6) is -0.817. The summed E-state index contributed by atoms with van der Waals surface area (Å²) in [6, 6.07) is 28.8. The number of sulfonamides is 1. The molecule has 1 N–H and O–H groups in total. The first-order chi connectivity index (χ1) is 21.1. The minimum atomic E-state index is -4.19. The van der Waals surface area contributed by atoms with E-state index in [0.29, 0.717) is 17.3 Å². The molecule has 4 aromatic rings. The van der Waals surface area contributed by atoms with Crippen LogP contribution in [-0.2, 0) is 32.6 Å². The molecule has 7 nitrogen and oxygen atoms in total. The van der Waals surface area contributed by atoms with Gasteiger partial charge in [0.05, 0.1) is 10.6 Å². The molecule has 4 rings (SSSR count). The van der Waals surface area contributed by atoms with Crippen LogP contribution >= 0.6 is 27.5 Å². The maximum absolute atomic E-state index is 14.4. The number of nitrogens with zero attached hydrogens (tertiary/aromatic N) is 2. The third-order valence-corrected chi connectivity index (χ3v) is 9.66. The second kappa shape index (κ2) is 15.4. The van der Waals surface area contributed by atoms with E-state index >= 15 is 0 Å². The number of amides is 2. The summed E-state index contributed by atoms with van der Waals surface area (Å²) in [7, 11) is -4.19. The Morgan fingerprint density at radius 1 is 0.864 bits per heavy atom. The molecule has 1 atom stereocenters. The Kier molecular flexibility index (Phi) is 11.6. The van der Waals surface area contributed by atoms with E-state index in [2.05, 4.69) is 21.2 Å². The van der Waals surface area contributed by atoms with Crippen molar-refractivity contribution in [3.63, 3.8) is 0 Å². The minimum Gasteiger partial charge on any atom is -0.354 e. The zero-order valence-electron chi connectivity index (χ0n) is 24.6. The van der Waals surface area contributed by atoms with Gasteiger partial charge in [-0.05, 0) is 73.0 Å². The highest BCUT2D eigenvalue weighted by molar-refractivity contribution is 9.10. The third-order valence-electron chi connectivity index (χ3n) is 7.09. The lowest BCUT2D eigenvalue weighted by Gasteiger charge is -2.34. The molecule has 230 valence electrons. The quantitative estimate of drug-likeness (QED) is 0.167. The van der Waals surface area contributed by atoms with E-state index in [0.717, 1.165) is 31.9 Å². The molecule has 0 bridgehead atoms. The Morgan fingerprint density at radius 2 is 1.50 bits per heavy atom. The van der Waals surface area contributed by atoms with E-state index in [1.807, 2.05) is 68.4 Å². The molecule has 0 heterocycles. The van der Waals surface area contributed by atoms with Crippen LogP contribution in [0.25, 0.3) is 0 Å². The Hall–Kier alpha value is -3.66. The van der Waals surface area contributed by atoms with Gasteiger partial charge in [0.1, 0.15) is 12.6 Å². The zero-order chi connectivity index (χ0) is 31.7. The summed E-state index contributed by atoms with van der Waals surface area (Å²) in [5.41, 5.74) is 2.95. The SMILES string of the molecule is CCCNC(=O)[C@H](Cc1ccccc1)N(Cc1ccc(Br)cc1)C(=O)CN(c1ccc(C)cc1)S(=O)(=O)c1ccc(Cl)cc1. The summed E-state index contributed by atoms with van der Waals surface area (Å²) in [4.78, 5) is 29.6. The maximum atomic E-state index is 14.4. The van der Waals surface area contributed by atoms with Crippen LogP contribution in [0.5, 0.6) is 0 Å². The first kappa shape index (κ1) is 33.2. The maximum Gasteiger partial charge on any atom is 0.264 e. The van der Waals surface area contributed by atoms with Gasteiger partial charge in [0, 0.05) is 29.0 Å². The lowest BCUT2D eigenvalue weighted by atomic mass is 10.0. The van der Waals surface area contributed by atoms with Crippen LogP contribution < -0.4 is 9.62 Å². The van der Waals surface area contributed by atoms with Gasteiger partial charge in [-0.25, -0.2) is 8.42 Å². The minimum absolute atomic E-state index is 0.00346. The second-order valence-corrected chi connectivity index (χ2v) is 13.7. The molecule has 10 heteroatoms. The molecule has 0 unspecified atom stereocenters. The van der Waals surface area contributed by atoms with Crippen molar-refractivity contribution in [3.8, 4) is 0 Å². The van der Waals surface area contributed by atoms with Crippen LogP contribution in [0.15, 0.2) is 112 Å². The highest BCUT2D eigenvalue weighted by Crippen LogP contribution is 2.26. The van der Waals surface area contributed by atoms with Crippen LogP contribution in [0.1, 0.15) is 30.0 Å². The number of benzene rings is 4. The van der Waals surface area contributed by atoms with E-state index in [9.17, 15) is 18.0 Å². The van der Waals surface area contributed by atoms with Gasteiger partial charge in [0.25, 0.3) is 10.0 Å². The monoisotopic (exact) mass is 695 g/mol. The van der Waals surface area contributed by atoms with Crippen molar-refractivity contribution in [2.75, 3.05) is 17.4 Å². The molecule has 44 heavy (non-hydrogen) atoms. The van der Waals surface area contributed by atoms with E-state index < -0.39 is 28.5 Å². The molecular weight excluding hydrogens is 662 g/mol. The van der Waals surface area contributed by atoms with Gasteiger partial charge in [0.2, 0.25) is 11.8 Å². The average molecular weight is 697 g/mol. The number of halogens is 2. The molecule has 4 aromatic carbocycles.